The number of hydrogen-bond acceptors (Lipinski definition) is 3. The van der Waals surface area contributed by atoms with Gasteiger partial charge in [-0.15, -0.1) is 0 Å². The Morgan fingerprint density at radius 2 is 1.85 bits per heavy atom. The molecule has 104 valence electrons. The molecule has 0 atom stereocenters. The second-order valence-corrected chi connectivity index (χ2v) is 4.48. The highest BCUT2D eigenvalue weighted by Crippen LogP contribution is 2.12. The van der Waals surface area contributed by atoms with Gasteiger partial charge in [0.2, 0.25) is 0 Å². The van der Waals surface area contributed by atoms with Crippen molar-refractivity contribution in [3.8, 4) is 0 Å². The molecule has 0 spiro atoms. The van der Waals surface area contributed by atoms with Crippen LogP contribution < -0.4 is 5.32 Å². The molecule has 0 bridgehead atoms. The van der Waals surface area contributed by atoms with Crippen LogP contribution in [-0.2, 0) is 13.0 Å². The van der Waals surface area contributed by atoms with Crippen LogP contribution in [0, 0.1) is 15.9 Å². The largest absolute Gasteiger partial charge is 0.312 e. The first-order valence-electron chi connectivity index (χ1n) is 6.33. The van der Waals surface area contributed by atoms with Crippen LogP contribution >= 0.6 is 0 Å². The lowest BCUT2D eigenvalue weighted by Crippen LogP contribution is -2.16. The van der Waals surface area contributed by atoms with E-state index in [1.807, 2.05) is 6.07 Å². The summed E-state index contributed by atoms with van der Waals surface area (Å²) in [5.41, 5.74) is 2.03. The number of nitro groups is 1. The fourth-order valence-electron chi connectivity index (χ4n) is 1.90. The highest BCUT2D eigenvalue weighted by atomic mass is 19.1. The fourth-order valence-corrected chi connectivity index (χ4v) is 1.90. The molecule has 0 unspecified atom stereocenters. The zero-order valence-corrected chi connectivity index (χ0v) is 10.9. The summed E-state index contributed by atoms with van der Waals surface area (Å²) in [6, 6.07) is 12.9. The lowest BCUT2D eigenvalue weighted by atomic mass is 10.1. The first-order chi connectivity index (χ1) is 9.65. The van der Waals surface area contributed by atoms with Crippen LogP contribution in [0.1, 0.15) is 11.1 Å². The summed E-state index contributed by atoms with van der Waals surface area (Å²) in [7, 11) is 0. The number of rotatable bonds is 6. The lowest BCUT2D eigenvalue weighted by Gasteiger charge is -2.05. The third kappa shape index (κ3) is 4.13. The van der Waals surface area contributed by atoms with Gasteiger partial charge < -0.3 is 5.32 Å². The van der Waals surface area contributed by atoms with Crippen LogP contribution in [0.3, 0.4) is 0 Å². The van der Waals surface area contributed by atoms with E-state index in [9.17, 15) is 14.5 Å². The van der Waals surface area contributed by atoms with Crippen molar-refractivity contribution in [1.29, 1.82) is 0 Å². The van der Waals surface area contributed by atoms with E-state index >= 15 is 0 Å². The molecule has 0 saturated carbocycles. The van der Waals surface area contributed by atoms with Gasteiger partial charge in [-0.1, -0.05) is 24.3 Å². The first kappa shape index (κ1) is 14.1. The van der Waals surface area contributed by atoms with E-state index in [2.05, 4.69) is 5.32 Å². The summed E-state index contributed by atoms with van der Waals surface area (Å²) in [5.74, 6) is -0.238. The maximum Gasteiger partial charge on any atom is 0.269 e. The number of nitrogens with zero attached hydrogens (tertiary/aromatic N) is 1. The quantitative estimate of drug-likeness (QED) is 0.500. The number of halogens is 1. The third-order valence-corrected chi connectivity index (χ3v) is 2.95. The SMILES string of the molecule is O=[N+]([O-])c1cccc(CNCCc2ccc(F)cc2)c1. The highest BCUT2D eigenvalue weighted by molar-refractivity contribution is 5.34. The van der Waals surface area contributed by atoms with Gasteiger partial charge in [-0.05, 0) is 36.2 Å². The van der Waals surface area contributed by atoms with Crippen LogP contribution in [0.25, 0.3) is 0 Å². The Kier molecular flexibility index (Phi) is 4.79. The van der Waals surface area contributed by atoms with Crippen LogP contribution in [0.4, 0.5) is 10.1 Å². The molecule has 0 aliphatic rings. The van der Waals surface area contributed by atoms with Crippen molar-refractivity contribution in [2.75, 3.05) is 6.54 Å². The minimum Gasteiger partial charge on any atom is -0.312 e. The molecular formula is C15H15FN2O2. The number of hydrogen-bond donors (Lipinski definition) is 1. The van der Waals surface area contributed by atoms with Crippen LogP contribution in [0.15, 0.2) is 48.5 Å². The zero-order valence-electron chi connectivity index (χ0n) is 10.9. The molecule has 0 aromatic heterocycles. The molecule has 2 rings (SSSR count). The van der Waals surface area contributed by atoms with Gasteiger partial charge >= 0.3 is 0 Å². The van der Waals surface area contributed by atoms with E-state index in [1.54, 1.807) is 24.3 Å². The molecule has 0 fully saturated rings. The molecule has 0 aliphatic heterocycles. The Morgan fingerprint density at radius 1 is 1.10 bits per heavy atom. The van der Waals surface area contributed by atoms with E-state index in [1.165, 1.54) is 18.2 Å². The van der Waals surface area contributed by atoms with Crippen molar-refractivity contribution in [3.05, 3.63) is 75.6 Å². The molecule has 4 nitrogen and oxygen atoms in total. The minimum atomic E-state index is -0.401. The van der Waals surface area contributed by atoms with Crippen molar-refractivity contribution >= 4 is 5.69 Å². The summed E-state index contributed by atoms with van der Waals surface area (Å²) < 4.78 is 12.7. The van der Waals surface area contributed by atoms with Crippen LogP contribution in [0.5, 0.6) is 0 Å². The summed E-state index contributed by atoms with van der Waals surface area (Å²) in [4.78, 5) is 10.2. The Balaban J connectivity index is 1.79. The predicted molar refractivity (Wildman–Crippen MR) is 74.9 cm³/mol. The van der Waals surface area contributed by atoms with Crippen molar-refractivity contribution in [3.63, 3.8) is 0 Å². The molecule has 5 heteroatoms. The molecule has 20 heavy (non-hydrogen) atoms. The molecule has 0 aliphatic carbocycles. The maximum absolute atomic E-state index is 12.7. The summed E-state index contributed by atoms with van der Waals surface area (Å²) in [6.07, 6.45) is 0.787. The number of non-ortho nitro benzene ring substituents is 1. The smallest absolute Gasteiger partial charge is 0.269 e. The molecule has 2 aromatic rings. The van der Waals surface area contributed by atoms with Crippen molar-refractivity contribution in [1.82, 2.24) is 5.32 Å². The van der Waals surface area contributed by atoms with Crippen LogP contribution in [0.2, 0.25) is 0 Å². The summed E-state index contributed by atoms with van der Waals surface area (Å²) in [5, 5.41) is 13.9. The summed E-state index contributed by atoms with van der Waals surface area (Å²) in [6.45, 7) is 1.30. The van der Waals surface area contributed by atoms with Gasteiger partial charge in [-0.25, -0.2) is 4.39 Å². The zero-order chi connectivity index (χ0) is 14.4. The third-order valence-electron chi connectivity index (χ3n) is 2.95. The highest BCUT2D eigenvalue weighted by Gasteiger charge is 2.04. The van der Waals surface area contributed by atoms with Crippen molar-refractivity contribution in [2.24, 2.45) is 0 Å². The van der Waals surface area contributed by atoms with E-state index in [4.69, 9.17) is 0 Å². The lowest BCUT2D eigenvalue weighted by molar-refractivity contribution is -0.384. The number of benzene rings is 2. The Hall–Kier alpha value is -2.27. The Labute approximate surface area is 116 Å². The minimum absolute atomic E-state index is 0.0998. The average Bonchev–Trinajstić information content (AvgIpc) is 2.46. The van der Waals surface area contributed by atoms with Gasteiger partial charge in [0.15, 0.2) is 0 Å². The normalized spacial score (nSPS) is 10.4. The standard InChI is InChI=1S/C15H15FN2O2/c16-14-6-4-12(5-7-14)8-9-17-11-13-2-1-3-15(10-13)18(19)20/h1-7,10,17H,8-9,11H2. The van der Waals surface area contributed by atoms with Crippen molar-refractivity contribution in [2.45, 2.75) is 13.0 Å². The van der Waals surface area contributed by atoms with Gasteiger partial charge in [0.05, 0.1) is 4.92 Å². The van der Waals surface area contributed by atoms with Gasteiger partial charge in [-0.3, -0.25) is 10.1 Å². The predicted octanol–water partition coefficient (Wildman–Crippen LogP) is 3.07. The molecule has 1 N–H and O–H groups in total. The molecular weight excluding hydrogens is 259 g/mol. The Bertz CT molecular complexity index is 585. The topological polar surface area (TPSA) is 55.2 Å². The van der Waals surface area contributed by atoms with Gasteiger partial charge in [0, 0.05) is 18.7 Å². The van der Waals surface area contributed by atoms with Crippen molar-refractivity contribution < 1.29 is 9.31 Å². The molecule has 0 amide bonds. The fraction of sp³-hybridized carbons (Fsp3) is 0.200. The molecule has 2 aromatic carbocycles. The molecule has 0 heterocycles. The Morgan fingerprint density at radius 3 is 2.55 bits per heavy atom. The number of nitrogens with one attached hydrogen (secondary N) is 1. The average molecular weight is 274 g/mol. The second kappa shape index (κ2) is 6.77. The van der Waals surface area contributed by atoms with E-state index < -0.39 is 4.92 Å². The van der Waals surface area contributed by atoms with E-state index in [-0.39, 0.29) is 11.5 Å². The van der Waals surface area contributed by atoms with E-state index in [0.717, 1.165) is 24.1 Å². The molecule has 0 saturated heterocycles. The molecule has 0 radical (unpaired) electrons. The first-order valence-corrected chi connectivity index (χ1v) is 6.33. The maximum atomic E-state index is 12.7. The van der Waals surface area contributed by atoms with Gasteiger partial charge in [-0.2, -0.15) is 0 Å². The monoisotopic (exact) mass is 274 g/mol. The second-order valence-electron chi connectivity index (χ2n) is 4.48. The number of nitro benzene ring substituents is 1. The van der Waals surface area contributed by atoms with Crippen LogP contribution in [-0.4, -0.2) is 11.5 Å². The van der Waals surface area contributed by atoms with Gasteiger partial charge in [0.1, 0.15) is 5.82 Å². The van der Waals surface area contributed by atoms with Gasteiger partial charge in [0.25, 0.3) is 5.69 Å². The van der Waals surface area contributed by atoms with E-state index in [0.29, 0.717) is 6.54 Å². The summed E-state index contributed by atoms with van der Waals surface area (Å²) >= 11 is 0.